The van der Waals surface area contributed by atoms with Gasteiger partial charge in [-0.2, -0.15) is 0 Å². The SMILES string of the molecule is CCOc1cc(C(=O)Nc2ccc(CC(=O)NCC(=O)OC)cc2)cc(OCC)c1OCC. The summed E-state index contributed by atoms with van der Waals surface area (Å²) in [6.07, 6.45) is 0.0968. The lowest BCUT2D eigenvalue weighted by Crippen LogP contribution is -2.31. The van der Waals surface area contributed by atoms with Gasteiger partial charge in [0.25, 0.3) is 5.91 Å². The van der Waals surface area contributed by atoms with E-state index in [2.05, 4.69) is 15.4 Å². The molecule has 0 aliphatic carbocycles. The Balaban J connectivity index is 2.11. The summed E-state index contributed by atoms with van der Waals surface area (Å²) in [5, 5.41) is 5.30. The number of hydrogen-bond donors (Lipinski definition) is 2. The van der Waals surface area contributed by atoms with Crippen molar-refractivity contribution in [1.29, 1.82) is 0 Å². The average Bonchev–Trinajstić information content (AvgIpc) is 2.80. The summed E-state index contributed by atoms with van der Waals surface area (Å²) >= 11 is 0. The van der Waals surface area contributed by atoms with E-state index in [0.29, 0.717) is 48.3 Å². The highest BCUT2D eigenvalue weighted by molar-refractivity contribution is 6.05. The van der Waals surface area contributed by atoms with Crippen molar-refractivity contribution in [1.82, 2.24) is 5.32 Å². The fourth-order valence-corrected chi connectivity index (χ4v) is 2.92. The maximum absolute atomic E-state index is 12.9. The summed E-state index contributed by atoms with van der Waals surface area (Å²) in [6.45, 7) is 6.62. The van der Waals surface area contributed by atoms with Crippen LogP contribution in [0.25, 0.3) is 0 Å². The van der Waals surface area contributed by atoms with Gasteiger partial charge in [-0.05, 0) is 50.6 Å². The van der Waals surface area contributed by atoms with E-state index in [1.807, 2.05) is 20.8 Å². The highest BCUT2D eigenvalue weighted by Crippen LogP contribution is 2.39. The van der Waals surface area contributed by atoms with Gasteiger partial charge < -0.3 is 29.6 Å². The molecular weight excluding hydrogens is 428 g/mol. The van der Waals surface area contributed by atoms with Crippen molar-refractivity contribution >= 4 is 23.5 Å². The monoisotopic (exact) mass is 458 g/mol. The second-order valence-electron chi connectivity index (χ2n) is 6.78. The Kier molecular flexibility index (Phi) is 10.0. The van der Waals surface area contributed by atoms with Crippen LogP contribution in [0.15, 0.2) is 36.4 Å². The van der Waals surface area contributed by atoms with Gasteiger partial charge in [0.1, 0.15) is 6.54 Å². The molecule has 0 bridgehead atoms. The minimum atomic E-state index is -0.518. The molecule has 0 aliphatic rings. The molecule has 9 nitrogen and oxygen atoms in total. The lowest BCUT2D eigenvalue weighted by atomic mass is 10.1. The van der Waals surface area contributed by atoms with Gasteiger partial charge >= 0.3 is 5.97 Å². The quantitative estimate of drug-likeness (QED) is 0.470. The molecule has 33 heavy (non-hydrogen) atoms. The number of carbonyl (C=O) groups excluding carboxylic acids is 3. The molecule has 0 aromatic heterocycles. The standard InChI is InChI=1S/C24H30N2O7/c1-5-31-19-13-17(14-20(32-6-2)23(19)33-7-3)24(29)26-18-10-8-16(9-11-18)12-21(27)25-15-22(28)30-4/h8-11,13-14H,5-7,12,15H2,1-4H3,(H,25,27)(H,26,29). The number of anilines is 1. The van der Waals surface area contributed by atoms with Crippen molar-refractivity contribution in [2.45, 2.75) is 27.2 Å². The number of methoxy groups -OCH3 is 1. The molecule has 0 aliphatic heterocycles. The zero-order chi connectivity index (χ0) is 24.2. The Bertz CT molecular complexity index is 931. The van der Waals surface area contributed by atoms with Crippen LogP contribution >= 0.6 is 0 Å². The number of nitrogens with one attached hydrogen (secondary N) is 2. The zero-order valence-electron chi connectivity index (χ0n) is 19.4. The number of rotatable bonds is 12. The van der Waals surface area contributed by atoms with E-state index < -0.39 is 5.97 Å². The molecule has 0 atom stereocenters. The lowest BCUT2D eigenvalue weighted by molar-refractivity contribution is -0.141. The highest BCUT2D eigenvalue weighted by Gasteiger charge is 2.18. The van der Waals surface area contributed by atoms with Gasteiger partial charge in [0.2, 0.25) is 11.7 Å². The molecule has 2 amide bonds. The fourth-order valence-electron chi connectivity index (χ4n) is 2.92. The van der Waals surface area contributed by atoms with Crippen LogP contribution in [0.1, 0.15) is 36.7 Å². The van der Waals surface area contributed by atoms with Crippen molar-refractivity contribution in [3.05, 3.63) is 47.5 Å². The third kappa shape index (κ3) is 7.71. The van der Waals surface area contributed by atoms with E-state index in [4.69, 9.17) is 14.2 Å². The average molecular weight is 459 g/mol. The minimum absolute atomic E-state index is 0.0968. The predicted octanol–water partition coefficient (Wildman–Crippen LogP) is 2.97. The molecule has 0 radical (unpaired) electrons. The number of benzene rings is 2. The summed E-state index contributed by atoms with van der Waals surface area (Å²) in [7, 11) is 1.25. The van der Waals surface area contributed by atoms with Crippen LogP contribution in [0.4, 0.5) is 5.69 Å². The number of esters is 1. The third-order valence-electron chi connectivity index (χ3n) is 4.41. The van der Waals surface area contributed by atoms with Gasteiger partial charge in [-0.25, -0.2) is 0 Å². The van der Waals surface area contributed by atoms with E-state index in [0.717, 1.165) is 5.56 Å². The first-order chi connectivity index (χ1) is 15.9. The Morgan fingerprint density at radius 2 is 1.42 bits per heavy atom. The molecule has 178 valence electrons. The summed E-state index contributed by atoms with van der Waals surface area (Å²) in [4.78, 5) is 35.9. The van der Waals surface area contributed by atoms with Crippen LogP contribution in [0.2, 0.25) is 0 Å². The molecule has 0 spiro atoms. The summed E-state index contributed by atoms with van der Waals surface area (Å²) in [5.74, 6) is 0.165. The van der Waals surface area contributed by atoms with Crippen molar-refractivity contribution in [3.8, 4) is 17.2 Å². The molecule has 0 fully saturated rings. The van der Waals surface area contributed by atoms with Gasteiger partial charge in [-0.3, -0.25) is 14.4 Å². The van der Waals surface area contributed by atoms with Gasteiger partial charge in [0.15, 0.2) is 11.5 Å². The van der Waals surface area contributed by atoms with Crippen molar-refractivity contribution in [2.24, 2.45) is 0 Å². The predicted molar refractivity (Wildman–Crippen MR) is 123 cm³/mol. The van der Waals surface area contributed by atoms with Crippen LogP contribution in [0.5, 0.6) is 17.2 Å². The van der Waals surface area contributed by atoms with Crippen molar-refractivity contribution < 1.29 is 33.3 Å². The smallest absolute Gasteiger partial charge is 0.325 e. The molecule has 2 N–H and O–H groups in total. The molecule has 0 saturated carbocycles. The second-order valence-corrected chi connectivity index (χ2v) is 6.78. The first-order valence-corrected chi connectivity index (χ1v) is 10.7. The summed E-state index contributed by atoms with van der Waals surface area (Å²) < 4.78 is 21.5. The molecule has 2 aromatic carbocycles. The topological polar surface area (TPSA) is 112 Å². The zero-order valence-corrected chi connectivity index (χ0v) is 19.4. The fraction of sp³-hybridized carbons (Fsp3) is 0.375. The van der Waals surface area contributed by atoms with E-state index in [1.165, 1.54) is 7.11 Å². The molecule has 0 unspecified atom stereocenters. The van der Waals surface area contributed by atoms with Crippen LogP contribution in [0.3, 0.4) is 0 Å². The summed E-state index contributed by atoms with van der Waals surface area (Å²) in [6, 6.07) is 10.1. The molecule has 0 heterocycles. The number of hydrogen-bond acceptors (Lipinski definition) is 7. The van der Waals surface area contributed by atoms with Gasteiger partial charge in [-0.15, -0.1) is 0 Å². The van der Waals surface area contributed by atoms with Crippen LogP contribution in [-0.2, 0) is 20.7 Å². The Hall–Kier alpha value is -3.75. The highest BCUT2D eigenvalue weighted by atomic mass is 16.5. The Morgan fingerprint density at radius 3 is 1.94 bits per heavy atom. The first kappa shape index (κ1) is 25.5. The molecule has 2 aromatic rings. The third-order valence-corrected chi connectivity index (χ3v) is 4.41. The molecule has 2 rings (SSSR count). The molecular formula is C24H30N2O7. The van der Waals surface area contributed by atoms with E-state index >= 15 is 0 Å². The van der Waals surface area contributed by atoms with Crippen molar-refractivity contribution in [3.63, 3.8) is 0 Å². The van der Waals surface area contributed by atoms with Crippen LogP contribution < -0.4 is 24.8 Å². The maximum Gasteiger partial charge on any atom is 0.325 e. The van der Waals surface area contributed by atoms with Gasteiger partial charge in [0.05, 0.1) is 33.4 Å². The van der Waals surface area contributed by atoms with E-state index in [-0.39, 0.29) is 24.8 Å². The van der Waals surface area contributed by atoms with Crippen molar-refractivity contribution in [2.75, 3.05) is 38.8 Å². The maximum atomic E-state index is 12.9. The number of carbonyl (C=O) groups is 3. The Labute approximate surface area is 193 Å². The minimum Gasteiger partial charge on any atom is -0.490 e. The first-order valence-electron chi connectivity index (χ1n) is 10.7. The lowest BCUT2D eigenvalue weighted by Gasteiger charge is -2.17. The summed E-state index contributed by atoms with van der Waals surface area (Å²) in [5.41, 5.74) is 1.65. The normalized spacial score (nSPS) is 10.2. The number of amides is 2. The van der Waals surface area contributed by atoms with Gasteiger partial charge in [0, 0.05) is 11.3 Å². The molecule has 0 saturated heterocycles. The second kappa shape index (κ2) is 12.9. The number of ether oxygens (including phenoxy) is 4. The van der Waals surface area contributed by atoms with Crippen LogP contribution in [0, 0.1) is 0 Å². The van der Waals surface area contributed by atoms with Gasteiger partial charge in [-0.1, -0.05) is 12.1 Å². The van der Waals surface area contributed by atoms with E-state index in [9.17, 15) is 14.4 Å². The van der Waals surface area contributed by atoms with E-state index in [1.54, 1.807) is 36.4 Å². The molecule has 9 heteroatoms. The Morgan fingerprint density at radius 1 is 0.848 bits per heavy atom. The largest absolute Gasteiger partial charge is 0.490 e. The van der Waals surface area contributed by atoms with Crippen LogP contribution in [-0.4, -0.2) is 51.3 Å².